The first kappa shape index (κ1) is 18.0. The highest BCUT2D eigenvalue weighted by molar-refractivity contribution is 7.99. The van der Waals surface area contributed by atoms with Crippen molar-refractivity contribution in [1.82, 2.24) is 9.66 Å². The molecule has 3 heterocycles. The predicted molar refractivity (Wildman–Crippen MR) is 105 cm³/mol. The van der Waals surface area contributed by atoms with Crippen molar-refractivity contribution >= 4 is 23.4 Å². The molecular weight excluding hydrogens is 398 g/mol. The van der Waals surface area contributed by atoms with Crippen LogP contribution in [0, 0.1) is 18.6 Å². The number of carbonyl (C=O) groups is 1. The van der Waals surface area contributed by atoms with Crippen LogP contribution in [0.4, 0.5) is 14.5 Å². The highest BCUT2D eigenvalue weighted by atomic mass is 32.2. The van der Waals surface area contributed by atoms with Gasteiger partial charge in [-0.1, -0.05) is 23.9 Å². The van der Waals surface area contributed by atoms with E-state index >= 15 is 0 Å². The number of hydrogen-bond acceptors (Lipinski definition) is 5. The molecule has 0 spiro atoms. The van der Waals surface area contributed by atoms with Gasteiger partial charge in [0, 0.05) is 0 Å². The highest BCUT2D eigenvalue weighted by Gasteiger charge is 2.34. The Hall–Kier alpha value is -3.07. The molecule has 5 rings (SSSR count). The van der Waals surface area contributed by atoms with Crippen molar-refractivity contribution in [2.45, 2.75) is 23.4 Å². The highest BCUT2D eigenvalue weighted by Crippen LogP contribution is 2.49. The van der Waals surface area contributed by atoms with Crippen molar-refractivity contribution in [2.75, 3.05) is 17.3 Å². The quantitative estimate of drug-likeness (QED) is 0.665. The Morgan fingerprint density at radius 1 is 1.21 bits per heavy atom. The number of ether oxygens (including phenoxy) is 1. The van der Waals surface area contributed by atoms with Crippen molar-refractivity contribution in [3.05, 3.63) is 71.1 Å². The van der Waals surface area contributed by atoms with Crippen molar-refractivity contribution in [2.24, 2.45) is 0 Å². The maximum Gasteiger partial charge on any atom is 0.262 e. The summed E-state index contributed by atoms with van der Waals surface area (Å²) in [6.45, 7) is 1.72. The van der Waals surface area contributed by atoms with Gasteiger partial charge >= 0.3 is 0 Å². The van der Waals surface area contributed by atoms with Gasteiger partial charge in [0.2, 0.25) is 0 Å². The number of thioether (sulfide) groups is 1. The molecule has 1 amide bonds. The summed E-state index contributed by atoms with van der Waals surface area (Å²) in [5, 5.41) is 3.13. The van der Waals surface area contributed by atoms with E-state index in [1.807, 2.05) is 11.6 Å². The van der Waals surface area contributed by atoms with Gasteiger partial charge in [-0.3, -0.25) is 4.79 Å². The lowest BCUT2D eigenvalue weighted by atomic mass is 9.97. The minimum Gasteiger partial charge on any atom is -0.478 e. The topological polar surface area (TPSA) is 68.2 Å². The maximum absolute atomic E-state index is 14.7. The van der Waals surface area contributed by atoms with Crippen LogP contribution in [0.25, 0.3) is 0 Å². The number of halogens is 2. The van der Waals surface area contributed by atoms with Crippen LogP contribution in [-0.2, 0) is 4.79 Å². The molecule has 1 aromatic heterocycles. The number of anilines is 1. The summed E-state index contributed by atoms with van der Waals surface area (Å²) < 4.78 is 35.3. The van der Waals surface area contributed by atoms with Gasteiger partial charge in [0.05, 0.1) is 28.9 Å². The van der Waals surface area contributed by atoms with Gasteiger partial charge in [0.1, 0.15) is 5.82 Å². The Morgan fingerprint density at radius 2 is 2.00 bits per heavy atom. The number of aromatic nitrogens is 2. The molecule has 2 N–H and O–H groups in total. The zero-order valence-corrected chi connectivity index (χ0v) is 16.1. The smallest absolute Gasteiger partial charge is 0.262 e. The number of imidazole rings is 1. The number of fused-ring (bicyclic) bond motifs is 2. The molecular formula is C20H16F2N4O2S. The molecule has 9 heteroatoms. The lowest BCUT2D eigenvalue weighted by Gasteiger charge is -2.35. The molecule has 2 unspecified atom stereocenters. The van der Waals surface area contributed by atoms with Gasteiger partial charge in [0.25, 0.3) is 5.91 Å². The van der Waals surface area contributed by atoms with E-state index in [2.05, 4.69) is 15.7 Å². The second kappa shape index (κ2) is 6.77. The number of rotatable bonds is 2. The Kier molecular flexibility index (Phi) is 4.20. The van der Waals surface area contributed by atoms with Gasteiger partial charge in [0.15, 0.2) is 23.3 Å². The number of nitrogens with zero attached hydrogens (tertiary/aromatic N) is 2. The van der Waals surface area contributed by atoms with Crippen molar-refractivity contribution in [3.63, 3.8) is 0 Å². The number of benzene rings is 2. The summed E-state index contributed by atoms with van der Waals surface area (Å²) in [7, 11) is 0. The number of amides is 1. The molecule has 0 fully saturated rings. The van der Waals surface area contributed by atoms with E-state index in [1.54, 1.807) is 24.4 Å². The number of aryl methyl sites for hydroxylation is 1. The summed E-state index contributed by atoms with van der Waals surface area (Å²) in [6, 6.07) is 9.06. The molecule has 0 saturated carbocycles. The normalized spacial score (nSPS) is 20.2. The van der Waals surface area contributed by atoms with Crippen LogP contribution in [0.15, 0.2) is 47.8 Å². The summed E-state index contributed by atoms with van der Waals surface area (Å²) in [6.07, 6.45) is 1.75. The summed E-state index contributed by atoms with van der Waals surface area (Å²) in [4.78, 5) is 16.1. The third kappa shape index (κ3) is 3.11. The van der Waals surface area contributed by atoms with Crippen LogP contribution in [0.1, 0.15) is 28.1 Å². The fourth-order valence-electron chi connectivity index (χ4n) is 3.57. The van der Waals surface area contributed by atoms with Gasteiger partial charge in [-0.15, -0.1) is 0 Å². The fourth-order valence-corrected chi connectivity index (χ4v) is 4.83. The van der Waals surface area contributed by atoms with E-state index in [1.165, 1.54) is 30.0 Å². The largest absolute Gasteiger partial charge is 0.478 e. The molecule has 29 heavy (non-hydrogen) atoms. The van der Waals surface area contributed by atoms with E-state index in [-0.39, 0.29) is 35.4 Å². The van der Waals surface area contributed by atoms with Crippen molar-refractivity contribution < 1.29 is 18.3 Å². The van der Waals surface area contributed by atoms with Gasteiger partial charge < -0.3 is 15.5 Å². The average Bonchev–Trinajstić information content (AvgIpc) is 3.07. The number of hydrogen-bond donors (Lipinski definition) is 2. The Bertz CT molecular complexity index is 1120. The fraction of sp³-hybridized carbons (Fsp3) is 0.200. The molecule has 2 atom stereocenters. The molecule has 2 aromatic carbocycles. The SMILES string of the molecule is Cc1cnc2n1NC(c1ccc(F)cc1)C(c1cc(F)c3c(c1)NC(=O)CO3)S2. The van der Waals surface area contributed by atoms with Crippen molar-refractivity contribution in [1.29, 1.82) is 0 Å². The van der Waals surface area contributed by atoms with Gasteiger partial charge in [-0.25, -0.2) is 18.4 Å². The average molecular weight is 414 g/mol. The van der Waals surface area contributed by atoms with Crippen LogP contribution >= 0.6 is 11.8 Å². The van der Waals surface area contributed by atoms with E-state index in [0.717, 1.165) is 16.4 Å². The monoisotopic (exact) mass is 414 g/mol. The third-order valence-corrected chi connectivity index (χ3v) is 6.25. The van der Waals surface area contributed by atoms with Crippen LogP contribution in [0.3, 0.4) is 0 Å². The molecule has 0 saturated heterocycles. The Morgan fingerprint density at radius 3 is 2.79 bits per heavy atom. The first-order valence-electron chi connectivity index (χ1n) is 8.98. The lowest BCUT2D eigenvalue weighted by Crippen LogP contribution is -2.31. The number of nitrogens with one attached hydrogen (secondary N) is 2. The second-order valence-electron chi connectivity index (χ2n) is 6.93. The van der Waals surface area contributed by atoms with E-state index < -0.39 is 5.82 Å². The van der Waals surface area contributed by atoms with Crippen LogP contribution in [-0.4, -0.2) is 22.2 Å². The molecule has 148 valence electrons. The lowest BCUT2D eigenvalue weighted by molar-refractivity contribution is -0.118. The standard InChI is InChI=1S/C20H16F2N4O2S/c1-10-8-23-20-26(10)25-17(11-2-4-13(21)5-3-11)19(29-20)12-6-14(22)18-15(7-12)24-16(27)9-28-18/h2-8,17,19,25H,9H2,1H3,(H,24,27). The summed E-state index contributed by atoms with van der Waals surface area (Å²) in [5.41, 5.74) is 6.15. The maximum atomic E-state index is 14.7. The van der Waals surface area contributed by atoms with Gasteiger partial charge in [-0.2, -0.15) is 0 Å². The van der Waals surface area contributed by atoms with Crippen LogP contribution in [0.2, 0.25) is 0 Å². The zero-order chi connectivity index (χ0) is 20.1. The van der Waals surface area contributed by atoms with Crippen LogP contribution in [0.5, 0.6) is 5.75 Å². The minimum atomic E-state index is -0.541. The van der Waals surface area contributed by atoms with Gasteiger partial charge in [-0.05, 0) is 42.3 Å². The first-order valence-corrected chi connectivity index (χ1v) is 9.86. The molecule has 0 aliphatic carbocycles. The number of carbonyl (C=O) groups excluding carboxylic acids is 1. The Labute approximate surface area is 169 Å². The molecule has 0 bridgehead atoms. The molecule has 3 aromatic rings. The molecule has 6 nitrogen and oxygen atoms in total. The van der Waals surface area contributed by atoms with E-state index in [4.69, 9.17) is 4.74 Å². The summed E-state index contributed by atoms with van der Waals surface area (Å²) >= 11 is 1.47. The minimum absolute atomic E-state index is 0.0396. The molecule has 0 radical (unpaired) electrons. The van der Waals surface area contributed by atoms with E-state index in [9.17, 15) is 13.6 Å². The zero-order valence-electron chi connectivity index (χ0n) is 15.3. The Balaban J connectivity index is 1.61. The second-order valence-corrected chi connectivity index (χ2v) is 8.04. The third-order valence-electron chi connectivity index (χ3n) is 4.95. The van der Waals surface area contributed by atoms with Crippen molar-refractivity contribution in [3.8, 4) is 5.75 Å². The molecule has 2 aliphatic rings. The molecule has 2 aliphatic heterocycles. The van der Waals surface area contributed by atoms with Crippen LogP contribution < -0.4 is 15.5 Å². The summed E-state index contributed by atoms with van der Waals surface area (Å²) in [5.74, 6) is -1.16. The predicted octanol–water partition coefficient (Wildman–Crippen LogP) is 3.93. The first-order chi connectivity index (χ1) is 14.0. The van der Waals surface area contributed by atoms with E-state index in [0.29, 0.717) is 11.3 Å².